The number of fused-ring (bicyclic) bond motifs is 1. The lowest BCUT2D eigenvalue weighted by Crippen LogP contribution is -2.40. The standard InChI is InChI=1S/C16H24N2O4S/c1-3-17-10-13-4-6-18(7-5-13)23(19,20)16-9-15-14(8-12(16)2)21-11-22-15/h8-9,13,17H,3-7,10-11H2,1-2H3. The quantitative estimate of drug-likeness (QED) is 0.884. The van der Waals surface area contributed by atoms with Crippen molar-refractivity contribution in [3.05, 3.63) is 17.7 Å². The van der Waals surface area contributed by atoms with E-state index in [2.05, 4.69) is 12.2 Å². The fourth-order valence-corrected chi connectivity index (χ4v) is 4.84. The molecule has 6 nitrogen and oxygen atoms in total. The first kappa shape index (κ1) is 16.5. The Morgan fingerprint density at radius 1 is 1.22 bits per heavy atom. The third kappa shape index (κ3) is 3.32. The molecule has 2 aliphatic heterocycles. The predicted octanol–water partition coefficient (Wildman–Crippen LogP) is 1.73. The number of nitrogens with zero attached hydrogens (tertiary/aromatic N) is 1. The molecule has 0 atom stereocenters. The number of rotatable bonds is 5. The Balaban J connectivity index is 1.75. The molecule has 128 valence electrons. The van der Waals surface area contributed by atoms with Gasteiger partial charge in [0.1, 0.15) is 0 Å². The molecule has 7 heteroatoms. The van der Waals surface area contributed by atoms with Crippen molar-refractivity contribution in [2.75, 3.05) is 33.0 Å². The van der Waals surface area contributed by atoms with E-state index in [1.807, 2.05) is 0 Å². The van der Waals surface area contributed by atoms with Crippen molar-refractivity contribution < 1.29 is 17.9 Å². The van der Waals surface area contributed by atoms with E-state index in [9.17, 15) is 8.42 Å². The number of hydrogen-bond donors (Lipinski definition) is 1. The average molecular weight is 340 g/mol. The van der Waals surface area contributed by atoms with Crippen molar-refractivity contribution >= 4 is 10.0 Å². The Morgan fingerprint density at radius 3 is 2.52 bits per heavy atom. The zero-order valence-corrected chi connectivity index (χ0v) is 14.5. The summed E-state index contributed by atoms with van der Waals surface area (Å²) in [5.41, 5.74) is 0.698. The van der Waals surface area contributed by atoms with E-state index in [0.717, 1.165) is 25.9 Å². The molecule has 2 heterocycles. The molecule has 1 saturated heterocycles. The van der Waals surface area contributed by atoms with Crippen molar-refractivity contribution in [2.24, 2.45) is 5.92 Å². The van der Waals surface area contributed by atoms with Gasteiger partial charge >= 0.3 is 0 Å². The molecule has 0 unspecified atom stereocenters. The first-order valence-electron chi connectivity index (χ1n) is 8.13. The molecule has 0 radical (unpaired) electrons. The van der Waals surface area contributed by atoms with E-state index in [1.165, 1.54) is 0 Å². The Kier molecular flexibility index (Phi) is 4.79. The molecule has 1 aromatic rings. The maximum Gasteiger partial charge on any atom is 0.243 e. The van der Waals surface area contributed by atoms with Crippen LogP contribution >= 0.6 is 0 Å². The summed E-state index contributed by atoms with van der Waals surface area (Å²) in [7, 11) is -3.48. The highest BCUT2D eigenvalue weighted by Crippen LogP contribution is 2.37. The Morgan fingerprint density at radius 2 is 1.87 bits per heavy atom. The van der Waals surface area contributed by atoms with Crippen LogP contribution in [0.3, 0.4) is 0 Å². The zero-order chi connectivity index (χ0) is 16.4. The van der Waals surface area contributed by atoms with Gasteiger partial charge in [0, 0.05) is 19.2 Å². The Bertz CT molecular complexity index is 667. The molecule has 2 aliphatic rings. The number of benzene rings is 1. The molecule has 3 rings (SSSR count). The average Bonchev–Trinajstić information content (AvgIpc) is 2.99. The lowest BCUT2D eigenvalue weighted by molar-refractivity contribution is 0.174. The highest BCUT2D eigenvalue weighted by molar-refractivity contribution is 7.89. The first-order valence-corrected chi connectivity index (χ1v) is 9.57. The third-order valence-corrected chi connectivity index (χ3v) is 6.59. The minimum absolute atomic E-state index is 0.147. The van der Waals surface area contributed by atoms with Gasteiger partial charge < -0.3 is 14.8 Å². The van der Waals surface area contributed by atoms with Crippen LogP contribution < -0.4 is 14.8 Å². The lowest BCUT2D eigenvalue weighted by atomic mass is 9.98. The topological polar surface area (TPSA) is 67.9 Å². The minimum atomic E-state index is -3.48. The molecule has 1 fully saturated rings. The number of ether oxygens (including phenoxy) is 2. The van der Waals surface area contributed by atoms with Crippen LogP contribution in [0.25, 0.3) is 0 Å². The molecular formula is C16H24N2O4S. The van der Waals surface area contributed by atoms with Gasteiger partial charge in [0.15, 0.2) is 11.5 Å². The summed E-state index contributed by atoms with van der Waals surface area (Å²) in [5, 5.41) is 3.34. The van der Waals surface area contributed by atoms with E-state index in [-0.39, 0.29) is 6.79 Å². The van der Waals surface area contributed by atoms with Crippen LogP contribution in [0, 0.1) is 12.8 Å². The number of nitrogens with one attached hydrogen (secondary N) is 1. The highest BCUT2D eigenvalue weighted by Gasteiger charge is 2.31. The summed E-state index contributed by atoms with van der Waals surface area (Å²) >= 11 is 0. The van der Waals surface area contributed by atoms with Gasteiger partial charge in [-0.2, -0.15) is 4.31 Å². The van der Waals surface area contributed by atoms with Crippen molar-refractivity contribution in [2.45, 2.75) is 31.6 Å². The van der Waals surface area contributed by atoms with Crippen molar-refractivity contribution in [3.8, 4) is 11.5 Å². The van der Waals surface area contributed by atoms with Crippen molar-refractivity contribution in [3.63, 3.8) is 0 Å². The normalized spacial score (nSPS) is 19.2. The van der Waals surface area contributed by atoms with Gasteiger partial charge in [0.25, 0.3) is 0 Å². The van der Waals surface area contributed by atoms with Crippen molar-refractivity contribution in [1.29, 1.82) is 0 Å². The van der Waals surface area contributed by atoms with Crippen LogP contribution in [0.5, 0.6) is 11.5 Å². The molecule has 0 spiro atoms. The van der Waals surface area contributed by atoms with E-state index < -0.39 is 10.0 Å². The summed E-state index contributed by atoms with van der Waals surface area (Å²) in [4.78, 5) is 0.326. The summed E-state index contributed by atoms with van der Waals surface area (Å²) in [6.07, 6.45) is 1.80. The molecule has 1 aromatic carbocycles. The van der Waals surface area contributed by atoms with Gasteiger partial charge in [-0.15, -0.1) is 0 Å². The number of hydrogen-bond acceptors (Lipinski definition) is 5. The SMILES string of the molecule is CCNCC1CCN(S(=O)(=O)c2cc3c(cc2C)OCO3)CC1. The van der Waals surface area contributed by atoms with Crippen LogP contribution in [0.2, 0.25) is 0 Å². The van der Waals surface area contributed by atoms with Gasteiger partial charge in [-0.3, -0.25) is 0 Å². The predicted molar refractivity (Wildman–Crippen MR) is 87.3 cm³/mol. The van der Waals surface area contributed by atoms with Crippen LogP contribution in [-0.4, -0.2) is 45.7 Å². The maximum atomic E-state index is 12.9. The second-order valence-electron chi connectivity index (χ2n) is 6.13. The molecule has 1 N–H and O–H groups in total. The van der Waals surface area contributed by atoms with Crippen LogP contribution in [0.1, 0.15) is 25.3 Å². The molecule has 0 aliphatic carbocycles. The van der Waals surface area contributed by atoms with E-state index >= 15 is 0 Å². The molecular weight excluding hydrogens is 316 g/mol. The Labute approximate surface area is 137 Å². The third-order valence-electron chi connectivity index (χ3n) is 4.54. The molecule has 23 heavy (non-hydrogen) atoms. The number of aryl methyl sites for hydroxylation is 1. The second kappa shape index (κ2) is 6.67. The van der Waals surface area contributed by atoms with Gasteiger partial charge in [-0.1, -0.05) is 6.92 Å². The fraction of sp³-hybridized carbons (Fsp3) is 0.625. The van der Waals surface area contributed by atoms with E-state index in [4.69, 9.17) is 9.47 Å². The van der Waals surface area contributed by atoms with Crippen LogP contribution in [0.4, 0.5) is 0 Å². The van der Waals surface area contributed by atoms with Gasteiger partial charge in [-0.05, 0) is 50.4 Å². The van der Waals surface area contributed by atoms with Crippen molar-refractivity contribution in [1.82, 2.24) is 9.62 Å². The summed E-state index contributed by atoms with van der Waals surface area (Å²) in [6, 6.07) is 3.34. The molecule has 0 amide bonds. The fourth-order valence-electron chi connectivity index (χ4n) is 3.14. The molecule has 0 bridgehead atoms. The molecule has 0 saturated carbocycles. The van der Waals surface area contributed by atoms with Crippen LogP contribution in [0.15, 0.2) is 17.0 Å². The Hall–Kier alpha value is -1.31. The number of sulfonamides is 1. The smallest absolute Gasteiger partial charge is 0.243 e. The maximum absolute atomic E-state index is 12.9. The lowest BCUT2D eigenvalue weighted by Gasteiger charge is -2.31. The van der Waals surface area contributed by atoms with Crippen LogP contribution in [-0.2, 0) is 10.0 Å². The van der Waals surface area contributed by atoms with E-state index in [0.29, 0.717) is 41.0 Å². The largest absolute Gasteiger partial charge is 0.454 e. The summed E-state index contributed by atoms with van der Waals surface area (Å²) < 4.78 is 38.1. The number of piperidine rings is 1. The van der Waals surface area contributed by atoms with E-state index in [1.54, 1.807) is 23.4 Å². The second-order valence-corrected chi connectivity index (χ2v) is 8.03. The van der Waals surface area contributed by atoms with Gasteiger partial charge in [-0.25, -0.2) is 8.42 Å². The molecule has 0 aromatic heterocycles. The monoisotopic (exact) mass is 340 g/mol. The van der Waals surface area contributed by atoms with Gasteiger partial charge in [0.2, 0.25) is 16.8 Å². The summed E-state index contributed by atoms with van der Waals surface area (Å²) in [6.45, 7) is 7.10. The minimum Gasteiger partial charge on any atom is -0.454 e. The first-order chi connectivity index (χ1) is 11.0. The zero-order valence-electron chi connectivity index (χ0n) is 13.7. The highest BCUT2D eigenvalue weighted by atomic mass is 32.2. The van der Waals surface area contributed by atoms with Gasteiger partial charge in [0.05, 0.1) is 4.90 Å². The summed E-state index contributed by atoms with van der Waals surface area (Å²) in [5.74, 6) is 1.68.